The van der Waals surface area contributed by atoms with Gasteiger partial charge in [0, 0.05) is 4.47 Å². The zero-order valence-electron chi connectivity index (χ0n) is 14.5. The van der Waals surface area contributed by atoms with Crippen molar-refractivity contribution in [1.29, 1.82) is 0 Å². The molecule has 0 saturated carbocycles. The van der Waals surface area contributed by atoms with Gasteiger partial charge in [-0.2, -0.15) is 0 Å². The second kappa shape index (κ2) is 6.35. The van der Waals surface area contributed by atoms with Crippen molar-refractivity contribution in [2.45, 2.75) is 13.0 Å². The third kappa shape index (κ3) is 2.52. The van der Waals surface area contributed by atoms with Gasteiger partial charge in [0.05, 0.1) is 17.0 Å². The van der Waals surface area contributed by atoms with E-state index in [4.69, 9.17) is 4.42 Å². The Morgan fingerprint density at radius 3 is 2.61 bits per heavy atom. The molecule has 2 aromatic carbocycles. The van der Waals surface area contributed by atoms with E-state index in [1.807, 2.05) is 37.3 Å². The molecule has 3 heterocycles. The van der Waals surface area contributed by atoms with Crippen molar-refractivity contribution >= 4 is 49.3 Å². The molecule has 0 spiro atoms. The van der Waals surface area contributed by atoms with Crippen LogP contribution >= 0.6 is 27.3 Å². The van der Waals surface area contributed by atoms with Gasteiger partial charge in [0.1, 0.15) is 10.6 Å². The second-order valence-electron chi connectivity index (χ2n) is 6.41. The minimum atomic E-state index is -0.615. The largest absolute Gasteiger partial charge is 0.450 e. The zero-order valence-corrected chi connectivity index (χ0v) is 17.0. The molecular weight excluding hydrogens is 442 g/mol. The van der Waals surface area contributed by atoms with Crippen LogP contribution in [-0.4, -0.2) is 16.1 Å². The molecule has 28 heavy (non-hydrogen) atoms. The zero-order chi connectivity index (χ0) is 19.4. The summed E-state index contributed by atoms with van der Waals surface area (Å²) in [6.45, 7) is 1.82. The quantitative estimate of drug-likeness (QED) is 0.447. The number of benzene rings is 2. The van der Waals surface area contributed by atoms with Gasteiger partial charge in [-0.05, 0) is 30.7 Å². The molecule has 1 atom stereocenters. The first-order valence-electron chi connectivity index (χ1n) is 8.49. The Bertz CT molecular complexity index is 1300. The van der Waals surface area contributed by atoms with Crippen LogP contribution in [0.5, 0.6) is 0 Å². The lowest BCUT2D eigenvalue weighted by molar-refractivity contribution is 0.0970. The Labute approximate surface area is 171 Å². The van der Waals surface area contributed by atoms with E-state index in [0.29, 0.717) is 21.7 Å². The molecule has 1 aliphatic heterocycles. The van der Waals surface area contributed by atoms with Crippen molar-refractivity contribution in [1.82, 2.24) is 10.2 Å². The predicted molar refractivity (Wildman–Crippen MR) is 110 cm³/mol. The number of anilines is 1. The summed E-state index contributed by atoms with van der Waals surface area (Å²) in [5.41, 5.74) is 1.30. The van der Waals surface area contributed by atoms with E-state index in [1.165, 1.54) is 16.2 Å². The average Bonchev–Trinajstić information content (AvgIpc) is 3.24. The van der Waals surface area contributed by atoms with Crippen LogP contribution in [0.15, 0.2) is 62.2 Å². The van der Waals surface area contributed by atoms with E-state index < -0.39 is 6.04 Å². The third-order valence-corrected chi connectivity index (χ3v) is 6.00. The standard InChI is InChI=1S/C20H12BrN3O3S/c1-10-22-23-20(28-10)24-16(11-5-3-2-4-6-11)15-17(25)13-9-12(21)7-8-14(13)27-18(15)19(24)26/h2-9,16H,1H3. The van der Waals surface area contributed by atoms with E-state index in [9.17, 15) is 9.59 Å². The first kappa shape index (κ1) is 17.3. The molecule has 6 nitrogen and oxygen atoms in total. The van der Waals surface area contributed by atoms with Crippen LogP contribution in [0.4, 0.5) is 5.13 Å². The van der Waals surface area contributed by atoms with Gasteiger partial charge in [-0.3, -0.25) is 14.5 Å². The number of amides is 1. The number of aromatic nitrogens is 2. The summed E-state index contributed by atoms with van der Waals surface area (Å²) in [4.78, 5) is 28.2. The monoisotopic (exact) mass is 453 g/mol. The number of fused-ring (bicyclic) bond motifs is 2. The molecule has 0 saturated heterocycles. The van der Waals surface area contributed by atoms with Gasteiger partial charge >= 0.3 is 0 Å². The molecule has 138 valence electrons. The number of nitrogens with zero attached hydrogens (tertiary/aromatic N) is 3. The number of hydrogen-bond acceptors (Lipinski definition) is 6. The Morgan fingerprint density at radius 2 is 1.89 bits per heavy atom. The molecule has 0 fully saturated rings. The number of carbonyl (C=O) groups excluding carboxylic acids is 1. The van der Waals surface area contributed by atoms with E-state index in [2.05, 4.69) is 26.1 Å². The lowest BCUT2D eigenvalue weighted by atomic mass is 9.99. The number of halogens is 1. The SMILES string of the molecule is Cc1nnc(N2C(=O)c3oc4ccc(Br)cc4c(=O)c3C2c2ccccc2)s1. The molecular formula is C20H12BrN3O3S. The van der Waals surface area contributed by atoms with Crippen LogP contribution in [0.3, 0.4) is 0 Å². The smallest absolute Gasteiger partial charge is 0.297 e. The summed E-state index contributed by atoms with van der Waals surface area (Å²) in [6, 6.07) is 14.0. The van der Waals surface area contributed by atoms with Gasteiger partial charge in [0.15, 0.2) is 5.43 Å². The van der Waals surface area contributed by atoms with Crippen LogP contribution in [0.25, 0.3) is 11.0 Å². The molecule has 1 amide bonds. The fraction of sp³-hybridized carbons (Fsp3) is 0.100. The number of rotatable bonds is 2. The summed E-state index contributed by atoms with van der Waals surface area (Å²) in [7, 11) is 0. The fourth-order valence-electron chi connectivity index (χ4n) is 3.48. The molecule has 1 unspecified atom stereocenters. The number of carbonyl (C=O) groups is 1. The fourth-order valence-corrected chi connectivity index (χ4v) is 4.55. The molecule has 0 aliphatic carbocycles. The minimum absolute atomic E-state index is 0.0570. The van der Waals surface area contributed by atoms with E-state index in [-0.39, 0.29) is 17.1 Å². The lowest BCUT2D eigenvalue weighted by Crippen LogP contribution is -2.29. The summed E-state index contributed by atoms with van der Waals surface area (Å²) < 4.78 is 6.68. The van der Waals surface area contributed by atoms with E-state index in [0.717, 1.165) is 15.0 Å². The first-order chi connectivity index (χ1) is 13.5. The molecule has 2 aromatic heterocycles. The van der Waals surface area contributed by atoms with Gasteiger partial charge in [-0.1, -0.05) is 57.6 Å². The first-order valence-corrected chi connectivity index (χ1v) is 10.1. The Morgan fingerprint density at radius 1 is 1.11 bits per heavy atom. The molecule has 5 rings (SSSR count). The Kier molecular flexibility index (Phi) is 3.92. The maximum Gasteiger partial charge on any atom is 0.297 e. The molecule has 8 heteroatoms. The van der Waals surface area contributed by atoms with Gasteiger partial charge < -0.3 is 4.42 Å². The van der Waals surface area contributed by atoms with Crippen molar-refractivity contribution in [3.63, 3.8) is 0 Å². The highest BCUT2D eigenvalue weighted by molar-refractivity contribution is 9.10. The highest BCUT2D eigenvalue weighted by Gasteiger charge is 2.45. The van der Waals surface area contributed by atoms with E-state index in [1.54, 1.807) is 18.2 Å². The van der Waals surface area contributed by atoms with Crippen LogP contribution in [-0.2, 0) is 0 Å². The topological polar surface area (TPSA) is 76.3 Å². The minimum Gasteiger partial charge on any atom is -0.450 e. The van der Waals surface area contributed by atoms with Crippen LogP contribution < -0.4 is 10.3 Å². The summed E-state index contributed by atoms with van der Waals surface area (Å²) in [5.74, 6) is -0.330. The molecule has 0 N–H and O–H groups in total. The van der Waals surface area contributed by atoms with Gasteiger partial charge in [-0.25, -0.2) is 0 Å². The number of aryl methyl sites for hydroxylation is 1. The van der Waals surface area contributed by atoms with Crippen molar-refractivity contribution < 1.29 is 9.21 Å². The summed E-state index contributed by atoms with van der Waals surface area (Å²) in [5, 5.41) is 9.78. The average molecular weight is 454 g/mol. The summed E-state index contributed by atoms with van der Waals surface area (Å²) in [6.07, 6.45) is 0. The van der Waals surface area contributed by atoms with E-state index >= 15 is 0 Å². The Hall–Kier alpha value is -2.84. The molecule has 0 radical (unpaired) electrons. The van der Waals surface area contributed by atoms with Crippen LogP contribution in [0.2, 0.25) is 0 Å². The van der Waals surface area contributed by atoms with Gasteiger partial charge in [0.25, 0.3) is 5.91 Å². The predicted octanol–water partition coefficient (Wildman–Crippen LogP) is 4.47. The highest BCUT2D eigenvalue weighted by Crippen LogP contribution is 2.42. The number of hydrogen-bond donors (Lipinski definition) is 0. The maximum atomic E-state index is 13.4. The molecule has 1 aliphatic rings. The molecule has 0 bridgehead atoms. The van der Waals surface area contributed by atoms with Crippen LogP contribution in [0.1, 0.15) is 32.7 Å². The lowest BCUT2D eigenvalue weighted by Gasteiger charge is -2.21. The van der Waals surface area contributed by atoms with Gasteiger partial charge in [0.2, 0.25) is 10.9 Å². The molecule has 4 aromatic rings. The van der Waals surface area contributed by atoms with Crippen molar-refractivity contribution in [3.8, 4) is 0 Å². The van der Waals surface area contributed by atoms with Crippen LogP contribution in [0, 0.1) is 6.92 Å². The van der Waals surface area contributed by atoms with Gasteiger partial charge in [-0.15, -0.1) is 10.2 Å². The van der Waals surface area contributed by atoms with Crippen molar-refractivity contribution in [2.75, 3.05) is 4.90 Å². The van der Waals surface area contributed by atoms with Crippen molar-refractivity contribution in [2.24, 2.45) is 0 Å². The van der Waals surface area contributed by atoms with Crippen molar-refractivity contribution in [3.05, 3.63) is 85.1 Å². The third-order valence-electron chi connectivity index (χ3n) is 4.67. The Balaban J connectivity index is 1.84. The second-order valence-corrected chi connectivity index (χ2v) is 8.48. The highest BCUT2D eigenvalue weighted by atomic mass is 79.9. The summed E-state index contributed by atoms with van der Waals surface area (Å²) >= 11 is 4.70. The maximum absolute atomic E-state index is 13.4. The normalized spacial score (nSPS) is 16.0.